The van der Waals surface area contributed by atoms with Gasteiger partial charge in [0.1, 0.15) is 0 Å². The number of terminal acetylenes is 1. The Morgan fingerprint density at radius 1 is 1.54 bits per heavy atom. The number of β-amino-alcohol motifs (C(OH)–C–C–N with tert-alkyl or cyclic N) is 1. The maximum Gasteiger partial charge on any atom is 0.226 e. The molecule has 1 amide bonds. The third-order valence-corrected chi connectivity index (χ3v) is 2.68. The van der Waals surface area contributed by atoms with Crippen LogP contribution in [0.3, 0.4) is 0 Å². The predicted octanol–water partition coefficient (Wildman–Crippen LogP) is -0.00860. The SMILES string of the molecule is C#C[C@H]1C[C@H](O)CN1C(=O)C1CC1. The molecule has 0 spiro atoms. The van der Waals surface area contributed by atoms with E-state index in [1.807, 2.05) is 0 Å². The van der Waals surface area contributed by atoms with Crippen molar-refractivity contribution in [1.82, 2.24) is 4.90 Å². The molecule has 1 heterocycles. The quantitative estimate of drug-likeness (QED) is 0.575. The van der Waals surface area contributed by atoms with Crippen LogP contribution in [-0.4, -0.2) is 34.6 Å². The second-order valence-corrected chi connectivity index (χ2v) is 3.84. The molecule has 1 saturated heterocycles. The molecular formula is C10H13NO2. The van der Waals surface area contributed by atoms with Crippen LogP contribution in [0.15, 0.2) is 0 Å². The van der Waals surface area contributed by atoms with E-state index in [2.05, 4.69) is 5.92 Å². The van der Waals surface area contributed by atoms with Crippen molar-refractivity contribution < 1.29 is 9.90 Å². The molecule has 3 heteroatoms. The topological polar surface area (TPSA) is 40.5 Å². The molecular weight excluding hydrogens is 166 g/mol. The van der Waals surface area contributed by atoms with Crippen LogP contribution in [0.5, 0.6) is 0 Å². The first-order chi connectivity index (χ1) is 6.22. The van der Waals surface area contributed by atoms with E-state index < -0.39 is 6.10 Å². The number of aliphatic hydroxyl groups is 1. The van der Waals surface area contributed by atoms with Gasteiger partial charge < -0.3 is 10.0 Å². The third kappa shape index (κ3) is 1.54. The van der Waals surface area contributed by atoms with E-state index >= 15 is 0 Å². The minimum atomic E-state index is -0.427. The van der Waals surface area contributed by atoms with Gasteiger partial charge in [0, 0.05) is 18.9 Å². The van der Waals surface area contributed by atoms with Gasteiger partial charge in [0.15, 0.2) is 0 Å². The van der Waals surface area contributed by atoms with E-state index in [1.54, 1.807) is 4.90 Å². The van der Waals surface area contributed by atoms with Crippen LogP contribution in [0, 0.1) is 18.3 Å². The van der Waals surface area contributed by atoms with E-state index in [0.717, 1.165) is 12.8 Å². The summed E-state index contributed by atoms with van der Waals surface area (Å²) in [7, 11) is 0. The lowest BCUT2D eigenvalue weighted by molar-refractivity contribution is -0.132. The first-order valence-electron chi connectivity index (χ1n) is 4.67. The monoisotopic (exact) mass is 179 g/mol. The number of amides is 1. The Labute approximate surface area is 77.7 Å². The van der Waals surface area contributed by atoms with Gasteiger partial charge in [-0.25, -0.2) is 0 Å². The summed E-state index contributed by atoms with van der Waals surface area (Å²) >= 11 is 0. The van der Waals surface area contributed by atoms with Gasteiger partial charge in [-0.2, -0.15) is 0 Å². The van der Waals surface area contributed by atoms with Crippen LogP contribution < -0.4 is 0 Å². The largest absolute Gasteiger partial charge is 0.391 e. The Bertz CT molecular complexity index is 265. The molecule has 1 saturated carbocycles. The van der Waals surface area contributed by atoms with Crippen molar-refractivity contribution in [2.75, 3.05) is 6.54 Å². The molecule has 2 aliphatic rings. The number of aliphatic hydroxyl groups excluding tert-OH is 1. The van der Waals surface area contributed by atoms with Gasteiger partial charge in [-0.3, -0.25) is 4.79 Å². The highest BCUT2D eigenvalue weighted by Crippen LogP contribution is 2.33. The van der Waals surface area contributed by atoms with Crippen molar-refractivity contribution in [2.24, 2.45) is 5.92 Å². The lowest BCUT2D eigenvalue weighted by Crippen LogP contribution is -2.36. The van der Waals surface area contributed by atoms with E-state index in [1.165, 1.54) is 0 Å². The van der Waals surface area contributed by atoms with Crippen LogP contribution >= 0.6 is 0 Å². The second kappa shape index (κ2) is 3.04. The maximum absolute atomic E-state index is 11.6. The average Bonchev–Trinajstić information content (AvgIpc) is 2.88. The zero-order chi connectivity index (χ0) is 9.42. The fraction of sp³-hybridized carbons (Fsp3) is 0.700. The Morgan fingerprint density at radius 3 is 2.77 bits per heavy atom. The number of nitrogens with zero attached hydrogens (tertiary/aromatic N) is 1. The molecule has 1 aliphatic heterocycles. The highest BCUT2D eigenvalue weighted by molar-refractivity contribution is 5.82. The molecule has 2 fully saturated rings. The number of hydrogen-bond donors (Lipinski definition) is 1. The molecule has 3 nitrogen and oxygen atoms in total. The lowest BCUT2D eigenvalue weighted by Gasteiger charge is -2.19. The van der Waals surface area contributed by atoms with Gasteiger partial charge >= 0.3 is 0 Å². The highest BCUT2D eigenvalue weighted by atomic mass is 16.3. The maximum atomic E-state index is 11.6. The fourth-order valence-corrected chi connectivity index (χ4v) is 1.78. The normalized spacial score (nSPS) is 33.1. The summed E-state index contributed by atoms with van der Waals surface area (Å²) in [6.07, 6.45) is 7.38. The molecule has 2 rings (SSSR count). The van der Waals surface area contributed by atoms with Crippen LogP contribution in [0.25, 0.3) is 0 Å². The van der Waals surface area contributed by atoms with Crippen molar-refractivity contribution in [3.63, 3.8) is 0 Å². The number of rotatable bonds is 1. The van der Waals surface area contributed by atoms with Crippen LogP contribution in [-0.2, 0) is 4.79 Å². The van der Waals surface area contributed by atoms with Gasteiger partial charge in [-0.05, 0) is 12.8 Å². The van der Waals surface area contributed by atoms with Gasteiger partial charge in [0.05, 0.1) is 12.1 Å². The molecule has 0 bridgehead atoms. The zero-order valence-electron chi connectivity index (χ0n) is 7.44. The van der Waals surface area contributed by atoms with E-state index in [9.17, 15) is 9.90 Å². The second-order valence-electron chi connectivity index (χ2n) is 3.84. The Balaban J connectivity index is 2.04. The molecule has 1 N–H and O–H groups in total. The van der Waals surface area contributed by atoms with Crippen LogP contribution in [0.1, 0.15) is 19.3 Å². The molecule has 2 atom stereocenters. The number of hydrogen-bond acceptors (Lipinski definition) is 2. The molecule has 70 valence electrons. The third-order valence-electron chi connectivity index (χ3n) is 2.68. The average molecular weight is 179 g/mol. The minimum Gasteiger partial charge on any atom is -0.391 e. The van der Waals surface area contributed by atoms with Gasteiger partial charge in [0.2, 0.25) is 5.91 Å². The fourth-order valence-electron chi connectivity index (χ4n) is 1.78. The number of carbonyl (C=O) groups excluding carboxylic acids is 1. The van der Waals surface area contributed by atoms with E-state index in [4.69, 9.17) is 6.42 Å². The molecule has 13 heavy (non-hydrogen) atoms. The van der Waals surface area contributed by atoms with Crippen molar-refractivity contribution in [3.8, 4) is 12.3 Å². The summed E-state index contributed by atoms with van der Waals surface area (Å²) in [6.45, 7) is 0.421. The minimum absolute atomic E-state index is 0.138. The number of carbonyl (C=O) groups is 1. The molecule has 0 aromatic heterocycles. The van der Waals surface area contributed by atoms with E-state index in [-0.39, 0.29) is 17.9 Å². The zero-order valence-corrected chi connectivity index (χ0v) is 7.44. The summed E-state index contributed by atoms with van der Waals surface area (Å²) in [6, 6.07) is -0.178. The van der Waals surface area contributed by atoms with Crippen LogP contribution in [0.2, 0.25) is 0 Å². The van der Waals surface area contributed by atoms with Gasteiger partial charge in [0.25, 0.3) is 0 Å². The van der Waals surface area contributed by atoms with E-state index in [0.29, 0.717) is 13.0 Å². The summed E-state index contributed by atoms with van der Waals surface area (Å²) in [5, 5.41) is 9.36. The summed E-state index contributed by atoms with van der Waals surface area (Å²) in [5.74, 6) is 2.89. The van der Waals surface area contributed by atoms with Crippen molar-refractivity contribution in [2.45, 2.75) is 31.4 Å². The van der Waals surface area contributed by atoms with Gasteiger partial charge in [-0.1, -0.05) is 5.92 Å². The molecule has 0 aromatic rings. The first kappa shape index (κ1) is 8.58. The van der Waals surface area contributed by atoms with Crippen LogP contribution in [0.4, 0.5) is 0 Å². The highest BCUT2D eigenvalue weighted by Gasteiger charge is 2.40. The first-order valence-corrected chi connectivity index (χ1v) is 4.67. The smallest absolute Gasteiger partial charge is 0.226 e. The molecule has 1 aliphatic carbocycles. The van der Waals surface area contributed by atoms with Crippen molar-refractivity contribution >= 4 is 5.91 Å². The summed E-state index contributed by atoms with van der Waals surface area (Å²) < 4.78 is 0. The predicted molar refractivity (Wildman–Crippen MR) is 47.7 cm³/mol. The Hall–Kier alpha value is -1.01. The molecule has 0 aromatic carbocycles. The number of likely N-dealkylation sites (tertiary alicyclic amines) is 1. The molecule has 0 unspecified atom stereocenters. The summed E-state index contributed by atoms with van der Waals surface area (Å²) in [5.41, 5.74) is 0. The Morgan fingerprint density at radius 2 is 2.23 bits per heavy atom. The lowest BCUT2D eigenvalue weighted by atomic mass is 10.2. The standard InChI is InChI=1S/C10H13NO2/c1-2-8-5-9(12)6-11(8)10(13)7-3-4-7/h1,7-9,12H,3-6H2/t8-,9-/m0/s1. The Kier molecular flexibility index (Phi) is 2.01. The van der Waals surface area contributed by atoms with Gasteiger partial charge in [-0.15, -0.1) is 6.42 Å². The van der Waals surface area contributed by atoms with Crippen molar-refractivity contribution in [3.05, 3.63) is 0 Å². The summed E-state index contributed by atoms with van der Waals surface area (Å²) in [4.78, 5) is 13.3. The molecule has 0 radical (unpaired) electrons. The van der Waals surface area contributed by atoms with Crippen molar-refractivity contribution in [1.29, 1.82) is 0 Å².